The Bertz CT molecular complexity index is 389. The quantitative estimate of drug-likeness (QED) is 0.750. The maximum Gasteiger partial charge on any atom is 0.251 e. The van der Waals surface area contributed by atoms with Crippen LogP contribution in [0, 0.1) is 5.92 Å². The van der Waals surface area contributed by atoms with Crippen molar-refractivity contribution in [2.24, 2.45) is 5.92 Å². The van der Waals surface area contributed by atoms with Gasteiger partial charge in [-0.15, -0.1) is 12.4 Å². The monoisotopic (exact) mass is 347 g/mol. The number of hydrogen-bond donors (Lipinski definition) is 2. The van der Waals surface area contributed by atoms with E-state index in [2.05, 4.69) is 10.6 Å². The minimum atomic E-state index is -0.374. The minimum absolute atomic E-state index is 0. The number of nitrogens with zero attached hydrogens (tertiary/aromatic N) is 1. The molecule has 0 aromatic heterocycles. The summed E-state index contributed by atoms with van der Waals surface area (Å²) in [6.07, 6.45) is 3.67. The van der Waals surface area contributed by atoms with Crippen LogP contribution in [-0.2, 0) is 14.3 Å². The van der Waals surface area contributed by atoms with Crippen LogP contribution in [0.4, 0.5) is 0 Å². The topological polar surface area (TPSA) is 70.7 Å². The first-order chi connectivity index (χ1) is 10.6. The fourth-order valence-electron chi connectivity index (χ4n) is 3.29. The van der Waals surface area contributed by atoms with Crippen molar-refractivity contribution in [1.82, 2.24) is 15.5 Å². The van der Waals surface area contributed by atoms with E-state index in [1.54, 1.807) is 0 Å². The number of amides is 2. The lowest BCUT2D eigenvalue weighted by Gasteiger charge is -2.34. The largest absolute Gasteiger partial charge is 0.369 e. The van der Waals surface area contributed by atoms with Gasteiger partial charge in [-0.2, -0.15) is 0 Å². The second kappa shape index (κ2) is 10.1. The molecule has 0 aliphatic carbocycles. The molecule has 2 rings (SSSR count). The summed E-state index contributed by atoms with van der Waals surface area (Å²) in [6, 6.07) is -0.0284. The molecular formula is C16H30ClN3O3. The second-order valence-electron chi connectivity index (χ2n) is 6.28. The summed E-state index contributed by atoms with van der Waals surface area (Å²) in [5.74, 6) is 0.510. The molecular weight excluding hydrogens is 318 g/mol. The molecule has 0 aromatic carbocycles. The lowest BCUT2D eigenvalue weighted by atomic mass is 9.97. The molecule has 2 aliphatic heterocycles. The van der Waals surface area contributed by atoms with Gasteiger partial charge in [-0.25, -0.2) is 0 Å². The number of carbonyl (C=O) groups is 2. The fraction of sp³-hybridized carbons (Fsp3) is 0.875. The molecule has 3 atom stereocenters. The van der Waals surface area contributed by atoms with Crippen LogP contribution in [-0.4, -0.2) is 61.6 Å². The number of piperidine rings is 1. The highest BCUT2D eigenvalue weighted by molar-refractivity contribution is 5.85. The zero-order valence-electron chi connectivity index (χ0n) is 14.2. The standard InChI is InChI=1S/C16H29N3O3.ClH/c1-3-22-12(2)16(21)19-9-5-6-13(11-19)10-18-15(20)14-7-4-8-17-14;/h12-14,17H,3-11H2,1-2H3,(H,18,20);1H. The number of nitrogens with one attached hydrogen (secondary N) is 2. The molecule has 3 unspecified atom stereocenters. The summed E-state index contributed by atoms with van der Waals surface area (Å²) >= 11 is 0. The van der Waals surface area contributed by atoms with E-state index in [1.807, 2.05) is 18.7 Å². The van der Waals surface area contributed by atoms with Gasteiger partial charge in [0.1, 0.15) is 6.10 Å². The number of ether oxygens (including phenoxy) is 1. The van der Waals surface area contributed by atoms with Gasteiger partial charge in [-0.05, 0) is 52.0 Å². The molecule has 2 heterocycles. The van der Waals surface area contributed by atoms with E-state index in [0.717, 1.165) is 38.8 Å². The lowest BCUT2D eigenvalue weighted by molar-refractivity contribution is -0.144. The van der Waals surface area contributed by atoms with Gasteiger partial charge in [0.15, 0.2) is 0 Å². The van der Waals surface area contributed by atoms with Gasteiger partial charge < -0.3 is 20.3 Å². The van der Waals surface area contributed by atoms with Crippen LogP contribution in [0.5, 0.6) is 0 Å². The van der Waals surface area contributed by atoms with Crippen LogP contribution in [0.3, 0.4) is 0 Å². The van der Waals surface area contributed by atoms with E-state index in [-0.39, 0.29) is 36.4 Å². The van der Waals surface area contributed by atoms with E-state index < -0.39 is 0 Å². The van der Waals surface area contributed by atoms with Crippen molar-refractivity contribution < 1.29 is 14.3 Å². The highest BCUT2D eigenvalue weighted by Gasteiger charge is 2.28. The van der Waals surface area contributed by atoms with Gasteiger partial charge in [0.25, 0.3) is 5.91 Å². The Kier molecular flexibility index (Phi) is 8.87. The van der Waals surface area contributed by atoms with Crippen molar-refractivity contribution in [3.63, 3.8) is 0 Å². The van der Waals surface area contributed by atoms with Crippen LogP contribution in [0.2, 0.25) is 0 Å². The predicted molar refractivity (Wildman–Crippen MR) is 91.7 cm³/mol. The molecule has 2 fully saturated rings. The van der Waals surface area contributed by atoms with E-state index in [4.69, 9.17) is 4.74 Å². The third kappa shape index (κ3) is 5.94. The first-order valence-corrected chi connectivity index (χ1v) is 8.53. The van der Waals surface area contributed by atoms with Crippen LogP contribution in [0.15, 0.2) is 0 Å². The Labute approximate surface area is 145 Å². The molecule has 0 bridgehead atoms. The second-order valence-corrected chi connectivity index (χ2v) is 6.28. The summed E-state index contributed by atoms with van der Waals surface area (Å²) in [5.41, 5.74) is 0. The van der Waals surface area contributed by atoms with Crippen molar-refractivity contribution in [1.29, 1.82) is 0 Å². The van der Waals surface area contributed by atoms with E-state index >= 15 is 0 Å². The van der Waals surface area contributed by atoms with Crippen LogP contribution >= 0.6 is 12.4 Å². The SMILES string of the molecule is CCOC(C)C(=O)N1CCCC(CNC(=O)C2CCCN2)C1.Cl. The molecule has 7 heteroatoms. The molecule has 23 heavy (non-hydrogen) atoms. The van der Waals surface area contributed by atoms with E-state index in [9.17, 15) is 9.59 Å². The van der Waals surface area contributed by atoms with Gasteiger partial charge in [-0.3, -0.25) is 9.59 Å². The van der Waals surface area contributed by atoms with Crippen LogP contribution < -0.4 is 10.6 Å². The molecule has 0 radical (unpaired) electrons. The summed E-state index contributed by atoms with van der Waals surface area (Å²) in [4.78, 5) is 26.2. The lowest BCUT2D eigenvalue weighted by Crippen LogP contribution is -2.48. The maximum atomic E-state index is 12.3. The molecule has 0 spiro atoms. The van der Waals surface area contributed by atoms with Crippen molar-refractivity contribution in [3.05, 3.63) is 0 Å². The average Bonchev–Trinajstić information content (AvgIpc) is 3.07. The third-order valence-electron chi connectivity index (χ3n) is 4.54. The van der Waals surface area contributed by atoms with Gasteiger partial charge >= 0.3 is 0 Å². The minimum Gasteiger partial charge on any atom is -0.369 e. The van der Waals surface area contributed by atoms with E-state index in [0.29, 0.717) is 25.6 Å². The zero-order chi connectivity index (χ0) is 15.9. The zero-order valence-corrected chi connectivity index (χ0v) is 15.0. The number of rotatable bonds is 6. The summed E-state index contributed by atoms with van der Waals surface area (Å²) in [6.45, 7) is 7.36. The maximum absolute atomic E-state index is 12.3. The molecule has 2 N–H and O–H groups in total. The van der Waals surface area contributed by atoms with Crippen LogP contribution in [0.1, 0.15) is 39.5 Å². The molecule has 134 valence electrons. The summed E-state index contributed by atoms with van der Waals surface area (Å²) in [5, 5.41) is 6.24. The Morgan fingerprint density at radius 2 is 2.13 bits per heavy atom. The third-order valence-corrected chi connectivity index (χ3v) is 4.54. The first kappa shape index (κ1) is 20.2. The smallest absolute Gasteiger partial charge is 0.251 e. The van der Waals surface area contributed by atoms with Gasteiger partial charge in [0.2, 0.25) is 5.91 Å². The molecule has 6 nitrogen and oxygen atoms in total. The molecule has 2 saturated heterocycles. The highest BCUT2D eigenvalue weighted by atomic mass is 35.5. The van der Waals surface area contributed by atoms with Gasteiger partial charge in [0, 0.05) is 26.2 Å². The first-order valence-electron chi connectivity index (χ1n) is 8.53. The molecule has 0 saturated carbocycles. The fourth-order valence-corrected chi connectivity index (χ4v) is 3.29. The molecule has 2 aliphatic rings. The number of hydrogen-bond acceptors (Lipinski definition) is 4. The number of halogens is 1. The Balaban J connectivity index is 0.00000264. The van der Waals surface area contributed by atoms with Crippen LogP contribution in [0.25, 0.3) is 0 Å². The average molecular weight is 348 g/mol. The Morgan fingerprint density at radius 3 is 2.78 bits per heavy atom. The number of likely N-dealkylation sites (tertiary alicyclic amines) is 1. The predicted octanol–water partition coefficient (Wildman–Crippen LogP) is 0.940. The number of carbonyl (C=O) groups excluding carboxylic acids is 2. The molecule has 2 amide bonds. The van der Waals surface area contributed by atoms with Crippen molar-refractivity contribution in [2.45, 2.75) is 51.7 Å². The van der Waals surface area contributed by atoms with Gasteiger partial charge in [0.05, 0.1) is 6.04 Å². The van der Waals surface area contributed by atoms with Gasteiger partial charge in [-0.1, -0.05) is 0 Å². The van der Waals surface area contributed by atoms with Crippen molar-refractivity contribution in [3.8, 4) is 0 Å². The Hall–Kier alpha value is -0.850. The normalized spacial score (nSPS) is 25.6. The summed E-state index contributed by atoms with van der Waals surface area (Å²) < 4.78 is 5.39. The van der Waals surface area contributed by atoms with Crippen molar-refractivity contribution >= 4 is 24.2 Å². The summed E-state index contributed by atoms with van der Waals surface area (Å²) in [7, 11) is 0. The Morgan fingerprint density at radius 1 is 1.35 bits per heavy atom. The highest BCUT2D eigenvalue weighted by Crippen LogP contribution is 2.17. The van der Waals surface area contributed by atoms with E-state index in [1.165, 1.54) is 0 Å². The molecule has 0 aromatic rings. The van der Waals surface area contributed by atoms with Crippen molar-refractivity contribution in [2.75, 3.05) is 32.8 Å².